The third-order valence-electron chi connectivity index (χ3n) is 5.90. The van der Waals surface area contributed by atoms with Gasteiger partial charge in [0.25, 0.3) is 5.69 Å². The second-order valence-corrected chi connectivity index (χ2v) is 10.2. The Bertz CT molecular complexity index is 1250. The lowest BCUT2D eigenvalue weighted by Gasteiger charge is -2.40. The maximum Gasteiger partial charge on any atom is 0.271 e. The monoisotopic (exact) mass is 466 g/mol. The summed E-state index contributed by atoms with van der Waals surface area (Å²) < 4.78 is 1.05. The third-order valence-corrected chi connectivity index (χ3v) is 8.12. The van der Waals surface area contributed by atoms with Crippen LogP contribution in [-0.2, 0) is 4.79 Å². The van der Waals surface area contributed by atoms with Crippen LogP contribution in [0.15, 0.2) is 51.1 Å². The number of hydrogen-bond donors (Lipinski definition) is 1. The largest absolute Gasteiger partial charge is 0.384 e. The molecular weight excluding hydrogens is 444 g/mol. The van der Waals surface area contributed by atoms with Gasteiger partial charge in [-0.2, -0.15) is 5.26 Å². The number of aryl methyl sites for hydroxylation is 2. The summed E-state index contributed by atoms with van der Waals surface area (Å²) in [5.41, 5.74) is 10.4. The summed E-state index contributed by atoms with van der Waals surface area (Å²) in [7, 11) is 0. The van der Waals surface area contributed by atoms with Crippen LogP contribution < -0.4 is 10.6 Å². The van der Waals surface area contributed by atoms with Crippen LogP contribution in [0, 0.1) is 35.3 Å². The number of nitrogens with two attached hydrogens (primary N) is 1. The number of allylic oxidation sites excluding steroid dienone is 3. The molecule has 4 rings (SSSR count). The van der Waals surface area contributed by atoms with Gasteiger partial charge >= 0.3 is 0 Å². The Labute approximate surface area is 194 Å². The minimum atomic E-state index is -0.523. The second-order valence-electron chi connectivity index (χ2n) is 7.85. The molecule has 0 fully saturated rings. The summed E-state index contributed by atoms with van der Waals surface area (Å²) in [4.78, 5) is 27.0. The lowest BCUT2D eigenvalue weighted by atomic mass is 9.76. The Hall–Kier alpha value is -3.09. The molecule has 2 heterocycles. The van der Waals surface area contributed by atoms with Crippen LogP contribution in [0.25, 0.3) is 0 Å². The average molecular weight is 467 g/mol. The van der Waals surface area contributed by atoms with Gasteiger partial charge in [-0.25, -0.2) is 0 Å². The van der Waals surface area contributed by atoms with E-state index >= 15 is 0 Å². The number of hydrogen-bond acceptors (Lipinski definition) is 8. The van der Waals surface area contributed by atoms with Crippen molar-refractivity contribution < 1.29 is 9.72 Å². The fraction of sp³-hybridized carbons (Fsp3) is 0.304. The number of non-ortho nitro benzene ring substituents is 1. The van der Waals surface area contributed by atoms with Crippen LogP contribution in [0.5, 0.6) is 0 Å². The van der Waals surface area contributed by atoms with Crippen molar-refractivity contribution in [3.63, 3.8) is 0 Å². The molecule has 0 bridgehead atoms. The normalized spacial score (nSPS) is 18.6. The van der Waals surface area contributed by atoms with E-state index in [0.29, 0.717) is 36.1 Å². The zero-order valence-corrected chi connectivity index (χ0v) is 19.6. The molecule has 2 aromatic rings. The van der Waals surface area contributed by atoms with E-state index in [1.165, 1.54) is 12.1 Å². The fourth-order valence-corrected chi connectivity index (χ4v) is 6.41. The van der Waals surface area contributed by atoms with Crippen LogP contribution in [0.4, 0.5) is 11.4 Å². The molecule has 1 aliphatic carbocycles. The molecule has 1 aliphatic heterocycles. The maximum atomic E-state index is 13.3. The standard InChI is InChI=1S/C23H22N4O3S2/c1-12-7-8-14(27(29)30)10-18(12)26-17-5-4-6-19(28)21(17)20(16(11-24)22(26)25)15-9-13(2)32-23(15)31-3/h7-10,20H,4-6,25H2,1-3H3. The van der Waals surface area contributed by atoms with Crippen molar-refractivity contribution in [2.45, 2.75) is 43.2 Å². The second kappa shape index (κ2) is 8.45. The molecule has 0 saturated heterocycles. The summed E-state index contributed by atoms with van der Waals surface area (Å²) in [6.45, 7) is 3.84. The molecule has 0 radical (unpaired) electrons. The minimum Gasteiger partial charge on any atom is -0.384 e. The number of thiophene rings is 1. The van der Waals surface area contributed by atoms with Gasteiger partial charge < -0.3 is 5.73 Å². The number of thioether (sulfide) groups is 1. The van der Waals surface area contributed by atoms with Crippen molar-refractivity contribution >= 4 is 40.3 Å². The van der Waals surface area contributed by atoms with Gasteiger partial charge in [-0.3, -0.25) is 19.8 Å². The van der Waals surface area contributed by atoms with Crippen LogP contribution >= 0.6 is 23.1 Å². The van der Waals surface area contributed by atoms with Gasteiger partial charge in [0.1, 0.15) is 5.82 Å². The molecule has 1 atom stereocenters. The Morgan fingerprint density at radius 3 is 2.72 bits per heavy atom. The zero-order valence-electron chi connectivity index (χ0n) is 18.0. The first-order valence-corrected chi connectivity index (χ1v) is 12.2. The van der Waals surface area contributed by atoms with E-state index in [1.54, 1.807) is 34.1 Å². The molecular formula is C23H22N4O3S2. The van der Waals surface area contributed by atoms with Gasteiger partial charge in [0.05, 0.1) is 32.4 Å². The van der Waals surface area contributed by atoms with Crippen LogP contribution in [0.2, 0.25) is 0 Å². The molecule has 2 N–H and O–H groups in total. The maximum absolute atomic E-state index is 13.3. The minimum absolute atomic E-state index is 0.000454. The van der Waals surface area contributed by atoms with E-state index < -0.39 is 10.8 Å². The van der Waals surface area contributed by atoms with Crippen molar-refractivity contribution in [1.29, 1.82) is 5.26 Å². The van der Waals surface area contributed by atoms with Crippen molar-refractivity contribution in [2.24, 2.45) is 5.73 Å². The van der Waals surface area contributed by atoms with E-state index in [2.05, 4.69) is 6.07 Å². The summed E-state index contributed by atoms with van der Waals surface area (Å²) in [6.07, 6.45) is 3.67. The highest BCUT2D eigenvalue weighted by atomic mass is 32.2. The first-order chi connectivity index (χ1) is 15.3. The molecule has 164 valence electrons. The zero-order chi connectivity index (χ0) is 23.2. The third kappa shape index (κ3) is 3.49. The first-order valence-electron chi connectivity index (χ1n) is 10.1. The number of nitro groups is 1. The van der Waals surface area contributed by atoms with E-state index in [-0.39, 0.29) is 17.3 Å². The van der Waals surface area contributed by atoms with Gasteiger partial charge in [0.15, 0.2) is 5.78 Å². The topological polar surface area (TPSA) is 113 Å². The predicted octanol–water partition coefficient (Wildman–Crippen LogP) is 5.30. The van der Waals surface area contributed by atoms with Crippen LogP contribution in [-0.4, -0.2) is 17.0 Å². The van der Waals surface area contributed by atoms with Crippen molar-refractivity contribution in [2.75, 3.05) is 11.2 Å². The van der Waals surface area contributed by atoms with Crippen molar-refractivity contribution in [3.8, 4) is 6.07 Å². The van der Waals surface area contributed by atoms with Crippen LogP contribution in [0.3, 0.4) is 0 Å². The molecule has 7 nitrogen and oxygen atoms in total. The van der Waals surface area contributed by atoms with Gasteiger partial charge in [0, 0.05) is 34.7 Å². The highest BCUT2D eigenvalue weighted by molar-refractivity contribution is 8.00. The molecule has 1 aromatic heterocycles. The summed E-state index contributed by atoms with van der Waals surface area (Å²) in [5.74, 6) is -0.295. The Kier molecular flexibility index (Phi) is 5.84. The van der Waals surface area contributed by atoms with E-state index in [9.17, 15) is 20.2 Å². The van der Waals surface area contributed by atoms with Crippen molar-refractivity contribution in [3.05, 3.63) is 73.0 Å². The smallest absolute Gasteiger partial charge is 0.271 e. The Morgan fingerprint density at radius 1 is 1.31 bits per heavy atom. The molecule has 9 heteroatoms. The lowest BCUT2D eigenvalue weighted by molar-refractivity contribution is -0.384. The average Bonchev–Trinajstić information content (AvgIpc) is 3.14. The first kappa shape index (κ1) is 22.1. The van der Waals surface area contributed by atoms with E-state index in [1.807, 2.05) is 26.2 Å². The molecule has 1 aromatic carbocycles. The Morgan fingerprint density at radius 2 is 2.06 bits per heavy atom. The number of nitriles is 1. The van der Waals surface area contributed by atoms with Gasteiger partial charge in [-0.1, -0.05) is 6.07 Å². The van der Waals surface area contributed by atoms with E-state index in [4.69, 9.17) is 5.73 Å². The van der Waals surface area contributed by atoms with Crippen LogP contribution in [0.1, 0.15) is 41.2 Å². The molecule has 0 saturated carbocycles. The number of carbonyl (C=O) groups excluding carboxylic acids is 1. The molecule has 0 amide bonds. The van der Waals surface area contributed by atoms with Gasteiger partial charge in [-0.15, -0.1) is 23.1 Å². The number of rotatable bonds is 4. The number of anilines is 1. The predicted molar refractivity (Wildman–Crippen MR) is 127 cm³/mol. The molecule has 2 aliphatic rings. The summed E-state index contributed by atoms with van der Waals surface area (Å²) in [5, 5.41) is 21.6. The molecule has 0 spiro atoms. The quantitative estimate of drug-likeness (QED) is 0.369. The summed E-state index contributed by atoms with van der Waals surface area (Å²) in [6, 6.07) is 8.86. The van der Waals surface area contributed by atoms with Crippen molar-refractivity contribution in [1.82, 2.24) is 0 Å². The van der Waals surface area contributed by atoms with Gasteiger partial charge in [-0.05, 0) is 50.1 Å². The highest BCUT2D eigenvalue weighted by Crippen LogP contribution is 2.50. The number of Topliss-reactive ketones (excluding diaryl/α,β-unsaturated/α-hetero) is 1. The number of nitrogens with zero attached hydrogens (tertiary/aromatic N) is 3. The number of nitro benzene ring substituents is 1. The van der Waals surface area contributed by atoms with Gasteiger partial charge in [0.2, 0.25) is 0 Å². The summed E-state index contributed by atoms with van der Waals surface area (Å²) >= 11 is 3.23. The Balaban J connectivity index is 2.02. The fourth-order valence-electron chi connectivity index (χ4n) is 4.50. The van der Waals surface area contributed by atoms with E-state index in [0.717, 1.165) is 25.9 Å². The highest BCUT2D eigenvalue weighted by Gasteiger charge is 2.42. The molecule has 1 unspecified atom stereocenters. The molecule has 32 heavy (non-hydrogen) atoms. The SMILES string of the molecule is CSc1sc(C)cc1C1C(C#N)=C(N)N(c2cc([N+](=O)[O-])ccc2C)C2=C1C(=O)CCC2. The number of carbonyl (C=O) groups is 1. The number of benzene rings is 1. The lowest BCUT2D eigenvalue weighted by Crippen LogP contribution is -2.39. The number of ketones is 1.